The average molecular weight is 262 g/mol. The van der Waals surface area contributed by atoms with Gasteiger partial charge in [-0.2, -0.15) is 0 Å². The summed E-state index contributed by atoms with van der Waals surface area (Å²) >= 11 is 0.125. The van der Waals surface area contributed by atoms with Gasteiger partial charge in [0.05, 0.1) is 11.1 Å². The van der Waals surface area contributed by atoms with Gasteiger partial charge in [0.1, 0.15) is 0 Å². The first-order valence-corrected chi connectivity index (χ1v) is 10.5. The van der Waals surface area contributed by atoms with Gasteiger partial charge in [-0.3, -0.25) is 0 Å². The van der Waals surface area contributed by atoms with E-state index in [4.69, 9.17) is 10.2 Å². The van der Waals surface area contributed by atoms with E-state index in [1.807, 2.05) is 0 Å². The van der Waals surface area contributed by atoms with Crippen molar-refractivity contribution in [2.24, 2.45) is 0 Å². The molecule has 1 aromatic rings. The van der Waals surface area contributed by atoms with Gasteiger partial charge in [-0.05, 0) is 12.1 Å². The Morgan fingerprint density at radius 1 is 1.00 bits per heavy atom. The monoisotopic (exact) mass is 260 g/mol. The molecule has 0 saturated carbocycles. The second-order valence-corrected chi connectivity index (χ2v) is 5.83. The summed E-state index contributed by atoms with van der Waals surface area (Å²) in [6.45, 7) is 0. The topological polar surface area (TPSA) is 74.6 Å². The van der Waals surface area contributed by atoms with Gasteiger partial charge in [-0.15, -0.1) is 0 Å². The molecule has 1 aromatic carbocycles. The van der Waals surface area contributed by atoms with Gasteiger partial charge in [0, 0.05) is 0 Å². The summed E-state index contributed by atoms with van der Waals surface area (Å²) < 4.78 is 0. The van der Waals surface area contributed by atoms with Gasteiger partial charge >= 0.3 is 40.1 Å². The minimum absolute atomic E-state index is 0.125. The summed E-state index contributed by atoms with van der Waals surface area (Å²) in [5, 5.41) is 17.1. The third-order valence-corrected chi connectivity index (χ3v) is 1.39. The molecular weight excluding hydrogens is 249 g/mol. The first kappa shape index (κ1) is 13.8. The van der Waals surface area contributed by atoms with Gasteiger partial charge in [0.25, 0.3) is 0 Å². The van der Waals surface area contributed by atoms with Crippen LogP contribution in [0.5, 0.6) is 0 Å². The van der Waals surface area contributed by atoms with E-state index < -0.39 is 11.9 Å². The molecule has 0 unspecified atom stereocenters. The van der Waals surface area contributed by atoms with Gasteiger partial charge in [-0.1, -0.05) is 12.1 Å². The van der Waals surface area contributed by atoms with Crippen molar-refractivity contribution in [1.82, 2.24) is 0 Å². The Morgan fingerprint density at radius 2 is 1.27 bits per heavy atom. The molecule has 5 heteroatoms. The normalized spacial score (nSPS) is 8.13. The molecule has 0 aromatic heterocycles. The fraction of sp³-hybridized carbons (Fsp3) is 0.200. The summed E-state index contributed by atoms with van der Waals surface area (Å²) in [7, 11) is 0. The van der Waals surface area contributed by atoms with Crippen LogP contribution < -0.4 is 0 Å². The van der Waals surface area contributed by atoms with Gasteiger partial charge < -0.3 is 10.2 Å². The van der Waals surface area contributed by atoms with Gasteiger partial charge in [0.15, 0.2) is 0 Å². The van der Waals surface area contributed by atoms with E-state index in [9.17, 15) is 9.59 Å². The number of carboxylic acids is 2. The average Bonchev–Trinajstić information content (AvgIpc) is 2.19. The number of aromatic carboxylic acids is 2. The Labute approximate surface area is 95.5 Å². The SMILES string of the molecule is O=C(O)c1ccccc1C(=O)O.[CH3][Zn][CH3]. The van der Waals surface area contributed by atoms with Crippen LogP contribution in [0.3, 0.4) is 0 Å². The van der Waals surface area contributed by atoms with Crippen molar-refractivity contribution in [3.05, 3.63) is 35.4 Å². The molecule has 0 heterocycles. The van der Waals surface area contributed by atoms with E-state index in [1.54, 1.807) is 0 Å². The first-order valence-electron chi connectivity index (χ1n) is 4.60. The van der Waals surface area contributed by atoms with Crippen molar-refractivity contribution >= 4 is 11.9 Å². The first-order chi connectivity index (χ1) is 7.04. The predicted octanol–water partition coefficient (Wildman–Crippen LogP) is 2.25. The number of rotatable bonds is 2. The molecule has 0 saturated heterocycles. The molecule has 0 spiro atoms. The van der Waals surface area contributed by atoms with E-state index in [2.05, 4.69) is 11.0 Å². The molecular formula is C10H12O4Zn. The molecule has 1 rings (SSSR count). The van der Waals surface area contributed by atoms with Crippen molar-refractivity contribution in [2.45, 2.75) is 11.0 Å². The standard InChI is InChI=1S/C8H6O4.2CH3.Zn/c9-7(10)5-3-1-2-4-6(5)8(11)12;;;/h1-4H,(H,9,10)(H,11,12);2*1H3;. The van der Waals surface area contributed by atoms with Gasteiger partial charge in [-0.25, -0.2) is 9.59 Å². The summed E-state index contributed by atoms with van der Waals surface area (Å²) in [6, 6.07) is 5.48. The molecule has 78 valence electrons. The Bertz CT molecular complexity index is 316. The number of carboxylic acid groups (broad SMARTS) is 2. The molecule has 0 aliphatic rings. The van der Waals surface area contributed by atoms with E-state index in [0.29, 0.717) is 0 Å². The Balaban J connectivity index is 0.000000583. The zero-order chi connectivity index (χ0) is 11.8. The maximum absolute atomic E-state index is 10.5. The van der Waals surface area contributed by atoms with Crippen LogP contribution in [-0.2, 0) is 17.1 Å². The van der Waals surface area contributed by atoms with E-state index in [0.717, 1.165) is 0 Å². The molecule has 0 radical (unpaired) electrons. The van der Waals surface area contributed by atoms with E-state index >= 15 is 0 Å². The molecule has 0 fully saturated rings. The molecule has 0 amide bonds. The van der Waals surface area contributed by atoms with Crippen LogP contribution in [0.25, 0.3) is 0 Å². The fourth-order valence-electron chi connectivity index (χ4n) is 0.856. The molecule has 4 nitrogen and oxygen atoms in total. The third kappa shape index (κ3) is 4.70. The fourth-order valence-corrected chi connectivity index (χ4v) is 0.856. The zero-order valence-corrected chi connectivity index (χ0v) is 11.7. The van der Waals surface area contributed by atoms with Crippen LogP contribution in [0.2, 0.25) is 11.0 Å². The molecule has 0 aliphatic heterocycles. The second kappa shape index (κ2) is 7.13. The van der Waals surface area contributed by atoms with Crippen LogP contribution in [0, 0.1) is 0 Å². The van der Waals surface area contributed by atoms with Crippen LogP contribution in [0.4, 0.5) is 0 Å². The summed E-state index contributed by atoms with van der Waals surface area (Å²) in [5.74, 6) is -2.46. The van der Waals surface area contributed by atoms with E-state index in [1.165, 1.54) is 24.3 Å². The van der Waals surface area contributed by atoms with Gasteiger partial charge in [0.2, 0.25) is 0 Å². The van der Waals surface area contributed by atoms with Crippen molar-refractivity contribution in [3.8, 4) is 0 Å². The van der Waals surface area contributed by atoms with Crippen LogP contribution in [-0.4, -0.2) is 22.2 Å². The van der Waals surface area contributed by atoms with Crippen LogP contribution in [0.1, 0.15) is 20.7 Å². The molecule has 0 bridgehead atoms. The third-order valence-electron chi connectivity index (χ3n) is 1.39. The quantitative estimate of drug-likeness (QED) is 0.801. The second-order valence-electron chi connectivity index (χ2n) is 2.86. The van der Waals surface area contributed by atoms with Crippen molar-refractivity contribution in [2.75, 3.05) is 0 Å². The van der Waals surface area contributed by atoms with Crippen LogP contribution in [0.15, 0.2) is 24.3 Å². The Hall–Kier alpha value is -1.22. The molecule has 0 atom stereocenters. The molecule has 15 heavy (non-hydrogen) atoms. The van der Waals surface area contributed by atoms with E-state index in [-0.39, 0.29) is 28.3 Å². The van der Waals surface area contributed by atoms with Crippen molar-refractivity contribution in [1.29, 1.82) is 0 Å². The molecule has 2 N–H and O–H groups in total. The minimum atomic E-state index is -1.23. The Morgan fingerprint density at radius 3 is 1.47 bits per heavy atom. The number of carbonyl (C=O) groups is 2. The van der Waals surface area contributed by atoms with Crippen molar-refractivity contribution in [3.63, 3.8) is 0 Å². The number of hydrogen-bond donors (Lipinski definition) is 2. The Kier molecular flexibility index (Phi) is 6.55. The number of benzene rings is 1. The molecule has 0 aliphatic carbocycles. The summed E-state index contributed by atoms with van der Waals surface area (Å²) in [6.07, 6.45) is 0. The maximum atomic E-state index is 10.5. The van der Waals surface area contributed by atoms with Crippen molar-refractivity contribution < 1.29 is 36.9 Å². The summed E-state index contributed by atoms with van der Waals surface area (Å²) in [4.78, 5) is 20.9. The number of hydrogen-bond acceptors (Lipinski definition) is 2. The zero-order valence-electron chi connectivity index (χ0n) is 8.73. The van der Waals surface area contributed by atoms with Crippen LogP contribution >= 0.6 is 0 Å². The predicted molar refractivity (Wildman–Crippen MR) is 52.1 cm³/mol. The summed E-state index contributed by atoms with van der Waals surface area (Å²) in [5.41, 5.74) is 4.25.